The van der Waals surface area contributed by atoms with Crippen LogP contribution in [0.25, 0.3) is 11.0 Å². The first kappa shape index (κ1) is 13.5. The lowest BCUT2D eigenvalue weighted by Crippen LogP contribution is -2.25. The molecule has 114 valence electrons. The number of hydrogen-bond acceptors (Lipinski definition) is 5. The molecule has 6 heteroatoms. The Morgan fingerprint density at radius 1 is 1.41 bits per heavy atom. The highest BCUT2D eigenvalue weighted by atomic mass is 16.5. The van der Waals surface area contributed by atoms with E-state index in [1.54, 1.807) is 13.4 Å². The molecule has 0 bridgehead atoms. The number of furan rings is 1. The van der Waals surface area contributed by atoms with Crippen LogP contribution in [0.2, 0.25) is 0 Å². The van der Waals surface area contributed by atoms with Crippen molar-refractivity contribution in [3.63, 3.8) is 0 Å². The van der Waals surface area contributed by atoms with Gasteiger partial charge in [-0.2, -0.15) is 5.10 Å². The Hall–Kier alpha value is -2.18. The van der Waals surface area contributed by atoms with Crippen LogP contribution in [0, 0.1) is 0 Å². The Morgan fingerprint density at radius 3 is 3.14 bits per heavy atom. The molecule has 4 rings (SSSR count). The lowest BCUT2D eigenvalue weighted by Gasteiger charge is -2.21. The summed E-state index contributed by atoms with van der Waals surface area (Å²) in [5.74, 6) is 0.896. The first-order chi connectivity index (χ1) is 10.8. The molecule has 0 aliphatic carbocycles. The fourth-order valence-electron chi connectivity index (χ4n) is 3.24. The topological polar surface area (TPSA) is 67.2 Å². The third kappa shape index (κ3) is 2.30. The highest BCUT2D eigenvalue weighted by Crippen LogP contribution is 2.34. The highest BCUT2D eigenvalue weighted by molar-refractivity contribution is 5.80. The molecule has 1 saturated heterocycles. The third-order valence-corrected chi connectivity index (χ3v) is 4.38. The van der Waals surface area contributed by atoms with Gasteiger partial charge in [-0.05, 0) is 12.5 Å². The summed E-state index contributed by atoms with van der Waals surface area (Å²) in [6.45, 7) is 1.68. The molecule has 1 N–H and O–H groups in total. The predicted octanol–water partition coefficient (Wildman–Crippen LogP) is 2.51. The minimum Gasteiger partial charge on any atom is -0.464 e. The maximum absolute atomic E-state index is 5.64. The molecule has 0 unspecified atom stereocenters. The maximum atomic E-state index is 5.64. The number of aromatic amines is 1. The van der Waals surface area contributed by atoms with Gasteiger partial charge in [0.25, 0.3) is 0 Å². The minimum absolute atomic E-state index is 0.195. The molecule has 1 aliphatic heterocycles. The van der Waals surface area contributed by atoms with E-state index in [1.165, 1.54) is 10.9 Å². The van der Waals surface area contributed by atoms with Crippen molar-refractivity contribution < 1.29 is 9.15 Å². The average Bonchev–Trinajstić information content (AvgIpc) is 3.27. The van der Waals surface area contributed by atoms with Crippen LogP contribution >= 0.6 is 0 Å². The van der Waals surface area contributed by atoms with E-state index >= 15 is 0 Å². The van der Waals surface area contributed by atoms with Gasteiger partial charge >= 0.3 is 0 Å². The molecule has 3 aromatic rings. The predicted molar refractivity (Wildman–Crippen MR) is 81.2 cm³/mol. The molecule has 2 aromatic heterocycles. The summed E-state index contributed by atoms with van der Waals surface area (Å²) in [7, 11) is 1.76. The van der Waals surface area contributed by atoms with Crippen molar-refractivity contribution in [1.82, 2.24) is 20.1 Å². The van der Waals surface area contributed by atoms with Crippen LogP contribution in [0.4, 0.5) is 0 Å². The SMILES string of the molecule is CO[C@@H]1C[C@@H](c2ncn[nH]2)N(Cc2coc3ccccc23)C1. The first-order valence-corrected chi connectivity index (χ1v) is 7.42. The lowest BCUT2D eigenvalue weighted by atomic mass is 10.1. The van der Waals surface area contributed by atoms with Gasteiger partial charge in [-0.25, -0.2) is 4.98 Å². The molecule has 6 nitrogen and oxygen atoms in total. The fraction of sp³-hybridized carbons (Fsp3) is 0.375. The number of nitrogens with one attached hydrogen (secondary N) is 1. The number of fused-ring (bicyclic) bond motifs is 1. The maximum Gasteiger partial charge on any atom is 0.141 e. The number of benzene rings is 1. The van der Waals surface area contributed by atoms with Crippen molar-refractivity contribution in [2.45, 2.75) is 25.1 Å². The summed E-state index contributed by atoms with van der Waals surface area (Å²) < 4.78 is 11.2. The molecule has 1 aromatic carbocycles. The van der Waals surface area contributed by atoms with E-state index in [-0.39, 0.29) is 12.1 Å². The van der Waals surface area contributed by atoms with Crippen molar-refractivity contribution in [1.29, 1.82) is 0 Å². The second-order valence-electron chi connectivity index (χ2n) is 5.67. The van der Waals surface area contributed by atoms with E-state index in [0.717, 1.165) is 30.9 Å². The van der Waals surface area contributed by atoms with Gasteiger partial charge in [0.1, 0.15) is 17.7 Å². The van der Waals surface area contributed by atoms with E-state index in [0.29, 0.717) is 0 Å². The van der Waals surface area contributed by atoms with Gasteiger partial charge in [-0.15, -0.1) is 0 Å². The highest BCUT2D eigenvalue weighted by Gasteiger charge is 2.35. The molecule has 0 spiro atoms. The van der Waals surface area contributed by atoms with Crippen molar-refractivity contribution >= 4 is 11.0 Å². The normalized spacial score (nSPS) is 22.6. The fourth-order valence-corrected chi connectivity index (χ4v) is 3.24. The number of likely N-dealkylation sites (tertiary alicyclic amines) is 1. The summed E-state index contributed by atoms with van der Waals surface area (Å²) >= 11 is 0. The molecule has 0 amide bonds. The van der Waals surface area contributed by atoms with Crippen LogP contribution in [-0.4, -0.2) is 39.8 Å². The van der Waals surface area contributed by atoms with Gasteiger partial charge < -0.3 is 9.15 Å². The van der Waals surface area contributed by atoms with Crippen molar-refractivity contribution in [2.75, 3.05) is 13.7 Å². The molecule has 1 fully saturated rings. The van der Waals surface area contributed by atoms with Crippen molar-refractivity contribution in [3.8, 4) is 0 Å². The van der Waals surface area contributed by atoms with E-state index in [2.05, 4.69) is 26.1 Å². The van der Waals surface area contributed by atoms with Crippen molar-refractivity contribution in [2.24, 2.45) is 0 Å². The molecular formula is C16H18N4O2. The number of ether oxygens (including phenoxy) is 1. The molecule has 22 heavy (non-hydrogen) atoms. The molecule has 0 saturated carbocycles. The molecule has 1 aliphatic rings. The van der Waals surface area contributed by atoms with Crippen LogP contribution in [-0.2, 0) is 11.3 Å². The zero-order valence-electron chi connectivity index (χ0n) is 12.4. The van der Waals surface area contributed by atoms with E-state index in [4.69, 9.17) is 9.15 Å². The van der Waals surface area contributed by atoms with E-state index in [9.17, 15) is 0 Å². The standard InChI is InChI=1S/C16H18N4O2/c1-21-12-6-14(16-17-10-18-19-16)20(8-12)7-11-9-22-15-5-3-2-4-13(11)15/h2-5,9-10,12,14H,6-8H2,1H3,(H,17,18,19)/t12-,14+/m1/s1. The number of hydrogen-bond donors (Lipinski definition) is 1. The largest absolute Gasteiger partial charge is 0.464 e. The Kier molecular flexibility index (Phi) is 3.40. The van der Waals surface area contributed by atoms with Gasteiger partial charge in [0, 0.05) is 31.1 Å². The summed E-state index contributed by atoms with van der Waals surface area (Å²) in [4.78, 5) is 6.69. The number of rotatable bonds is 4. The van der Waals surface area contributed by atoms with Crippen LogP contribution < -0.4 is 0 Å². The number of para-hydroxylation sites is 1. The van der Waals surface area contributed by atoms with Gasteiger partial charge in [0.05, 0.1) is 18.4 Å². The van der Waals surface area contributed by atoms with Gasteiger partial charge in [-0.1, -0.05) is 18.2 Å². The smallest absolute Gasteiger partial charge is 0.141 e. The number of methoxy groups -OCH3 is 1. The second kappa shape index (κ2) is 5.55. The van der Waals surface area contributed by atoms with Crippen LogP contribution in [0.1, 0.15) is 23.9 Å². The lowest BCUT2D eigenvalue weighted by molar-refractivity contribution is 0.107. The van der Waals surface area contributed by atoms with E-state index < -0.39 is 0 Å². The Morgan fingerprint density at radius 2 is 2.32 bits per heavy atom. The first-order valence-electron chi connectivity index (χ1n) is 7.42. The Labute approximate surface area is 128 Å². The van der Waals surface area contributed by atoms with Gasteiger partial charge in [-0.3, -0.25) is 10.00 Å². The Balaban J connectivity index is 1.62. The molecule has 0 radical (unpaired) electrons. The summed E-state index contributed by atoms with van der Waals surface area (Å²) in [6.07, 6.45) is 4.54. The summed E-state index contributed by atoms with van der Waals surface area (Å²) in [6, 6.07) is 8.32. The monoisotopic (exact) mass is 298 g/mol. The zero-order valence-corrected chi connectivity index (χ0v) is 12.4. The zero-order chi connectivity index (χ0) is 14.9. The number of aromatic nitrogens is 3. The summed E-state index contributed by atoms with van der Waals surface area (Å²) in [5, 5.41) is 8.13. The van der Waals surface area contributed by atoms with Crippen molar-refractivity contribution in [3.05, 3.63) is 48.2 Å². The van der Waals surface area contributed by atoms with Gasteiger partial charge in [0.2, 0.25) is 0 Å². The number of nitrogens with zero attached hydrogens (tertiary/aromatic N) is 3. The average molecular weight is 298 g/mol. The quantitative estimate of drug-likeness (QED) is 0.801. The minimum atomic E-state index is 0.195. The van der Waals surface area contributed by atoms with Crippen LogP contribution in [0.5, 0.6) is 0 Å². The van der Waals surface area contributed by atoms with Gasteiger partial charge in [0.15, 0.2) is 0 Å². The summed E-state index contributed by atoms with van der Waals surface area (Å²) in [5.41, 5.74) is 2.12. The Bertz CT molecular complexity index is 752. The molecular weight excluding hydrogens is 280 g/mol. The second-order valence-corrected chi connectivity index (χ2v) is 5.67. The van der Waals surface area contributed by atoms with Crippen LogP contribution in [0.15, 0.2) is 41.3 Å². The molecule has 3 heterocycles. The van der Waals surface area contributed by atoms with Crippen LogP contribution in [0.3, 0.4) is 0 Å². The van der Waals surface area contributed by atoms with E-state index in [1.807, 2.05) is 24.5 Å². The number of H-pyrrole nitrogens is 1. The molecule has 2 atom stereocenters. The third-order valence-electron chi connectivity index (χ3n) is 4.38.